The molecule has 19 heavy (non-hydrogen) atoms. The lowest BCUT2D eigenvalue weighted by molar-refractivity contribution is -0.141. The van der Waals surface area contributed by atoms with E-state index in [0.29, 0.717) is 23.3 Å². The van der Waals surface area contributed by atoms with Crippen molar-refractivity contribution < 1.29 is 14.7 Å². The molecule has 1 saturated heterocycles. The van der Waals surface area contributed by atoms with Gasteiger partial charge in [0.15, 0.2) is 0 Å². The number of thioether (sulfide) groups is 1. The summed E-state index contributed by atoms with van der Waals surface area (Å²) in [5, 5.41) is 12.9. The molecule has 4 unspecified atom stereocenters. The smallest absolute Gasteiger partial charge is 0.317 e. The van der Waals surface area contributed by atoms with Crippen LogP contribution >= 0.6 is 11.8 Å². The Hall–Kier alpha value is -0.910. The minimum atomic E-state index is -0.742. The van der Waals surface area contributed by atoms with Gasteiger partial charge in [-0.2, -0.15) is 11.8 Å². The quantitative estimate of drug-likeness (QED) is 0.812. The van der Waals surface area contributed by atoms with Gasteiger partial charge in [0.05, 0.1) is 5.92 Å². The van der Waals surface area contributed by atoms with Crippen molar-refractivity contribution in [1.82, 2.24) is 10.2 Å². The summed E-state index contributed by atoms with van der Waals surface area (Å²) in [6, 6.07) is -0.0103. The Morgan fingerprint density at radius 3 is 2.37 bits per heavy atom. The van der Waals surface area contributed by atoms with E-state index in [0.717, 1.165) is 19.5 Å². The fraction of sp³-hybridized carbons (Fsp3) is 0.846. The lowest BCUT2D eigenvalue weighted by atomic mass is 10.1. The molecular weight excluding hydrogens is 264 g/mol. The molecule has 2 aliphatic rings. The number of aliphatic carboxylic acids is 1. The van der Waals surface area contributed by atoms with Crippen molar-refractivity contribution in [3.63, 3.8) is 0 Å². The number of hydrogen-bond donors (Lipinski definition) is 2. The van der Waals surface area contributed by atoms with Gasteiger partial charge < -0.3 is 15.3 Å². The van der Waals surface area contributed by atoms with Crippen LogP contribution in [0, 0.1) is 5.92 Å². The number of carbonyl (C=O) groups is 2. The Bertz CT molecular complexity index is 354. The topological polar surface area (TPSA) is 69.6 Å². The molecule has 1 saturated carbocycles. The van der Waals surface area contributed by atoms with E-state index in [9.17, 15) is 9.59 Å². The van der Waals surface area contributed by atoms with Gasteiger partial charge in [0.1, 0.15) is 0 Å². The van der Waals surface area contributed by atoms with Crippen LogP contribution in [-0.4, -0.2) is 51.6 Å². The number of hydrogen-bond acceptors (Lipinski definition) is 3. The number of amides is 2. The number of rotatable bonds is 2. The van der Waals surface area contributed by atoms with E-state index in [1.54, 1.807) is 0 Å². The lowest BCUT2D eigenvalue weighted by Gasteiger charge is -2.35. The summed E-state index contributed by atoms with van der Waals surface area (Å²) in [4.78, 5) is 24.9. The first-order chi connectivity index (χ1) is 8.95. The Morgan fingerprint density at radius 2 is 1.84 bits per heavy atom. The van der Waals surface area contributed by atoms with E-state index in [1.807, 2.05) is 16.7 Å². The van der Waals surface area contributed by atoms with Crippen molar-refractivity contribution in [2.45, 2.75) is 49.7 Å². The van der Waals surface area contributed by atoms with Crippen LogP contribution in [0.3, 0.4) is 0 Å². The molecule has 0 aromatic carbocycles. The second-order valence-electron chi connectivity index (χ2n) is 5.66. The zero-order valence-electron chi connectivity index (χ0n) is 11.5. The zero-order chi connectivity index (χ0) is 14.0. The Kier molecular flexibility index (Phi) is 4.60. The van der Waals surface area contributed by atoms with Crippen molar-refractivity contribution in [3.05, 3.63) is 0 Å². The average Bonchev–Trinajstić information content (AvgIpc) is 2.76. The van der Waals surface area contributed by atoms with Crippen molar-refractivity contribution in [3.8, 4) is 0 Å². The van der Waals surface area contributed by atoms with Crippen LogP contribution in [0.25, 0.3) is 0 Å². The van der Waals surface area contributed by atoms with Gasteiger partial charge in [-0.05, 0) is 19.3 Å². The van der Waals surface area contributed by atoms with Crippen LogP contribution in [0.15, 0.2) is 0 Å². The molecule has 0 aromatic rings. The Morgan fingerprint density at radius 1 is 1.21 bits per heavy atom. The number of nitrogens with zero attached hydrogens (tertiary/aromatic N) is 1. The number of carbonyl (C=O) groups excluding carboxylic acids is 1. The highest BCUT2D eigenvalue weighted by Gasteiger charge is 2.32. The van der Waals surface area contributed by atoms with Crippen LogP contribution in [0.1, 0.15) is 33.1 Å². The summed E-state index contributed by atoms with van der Waals surface area (Å²) in [5.74, 6) is -1.03. The molecule has 108 valence electrons. The number of nitrogens with one attached hydrogen (secondary N) is 1. The molecule has 0 spiro atoms. The molecule has 1 aliphatic heterocycles. The molecule has 0 aromatic heterocycles. The molecule has 2 N–H and O–H groups in total. The minimum Gasteiger partial charge on any atom is -0.481 e. The van der Waals surface area contributed by atoms with Crippen LogP contribution in [0.5, 0.6) is 0 Å². The van der Waals surface area contributed by atoms with Gasteiger partial charge in [0.2, 0.25) is 0 Å². The Labute approximate surface area is 118 Å². The Balaban J connectivity index is 1.83. The third-order valence-electron chi connectivity index (χ3n) is 3.82. The molecule has 2 rings (SSSR count). The summed E-state index contributed by atoms with van der Waals surface area (Å²) < 4.78 is 0. The van der Waals surface area contributed by atoms with E-state index < -0.39 is 5.97 Å². The summed E-state index contributed by atoms with van der Waals surface area (Å²) in [5.41, 5.74) is 0. The first kappa shape index (κ1) is 14.5. The molecule has 0 bridgehead atoms. The SMILES string of the molecule is CC1CN(C(=O)NC2CCC(C(=O)O)C2)CC(C)S1. The van der Waals surface area contributed by atoms with Crippen molar-refractivity contribution >= 4 is 23.8 Å². The van der Waals surface area contributed by atoms with Gasteiger partial charge in [0.25, 0.3) is 0 Å². The number of urea groups is 1. The van der Waals surface area contributed by atoms with Gasteiger partial charge in [-0.1, -0.05) is 13.8 Å². The largest absolute Gasteiger partial charge is 0.481 e. The molecule has 0 radical (unpaired) electrons. The maximum Gasteiger partial charge on any atom is 0.317 e. The highest BCUT2D eigenvalue weighted by Crippen LogP contribution is 2.27. The van der Waals surface area contributed by atoms with Crippen molar-refractivity contribution in [2.24, 2.45) is 5.92 Å². The summed E-state index contributed by atoms with van der Waals surface area (Å²) in [7, 11) is 0. The van der Waals surface area contributed by atoms with Gasteiger partial charge in [-0.25, -0.2) is 4.79 Å². The molecule has 1 heterocycles. The fourth-order valence-corrected chi connectivity index (χ4v) is 4.27. The fourth-order valence-electron chi connectivity index (χ4n) is 2.95. The maximum absolute atomic E-state index is 12.2. The van der Waals surface area contributed by atoms with E-state index >= 15 is 0 Å². The molecule has 4 atom stereocenters. The molecule has 6 heteroatoms. The zero-order valence-corrected chi connectivity index (χ0v) is 12.3. The number of carboxylic acids is 1. The van der Waals surface area contributed by atoms with Gasteiger partial charge in [0, 0.05) is 29.6 Å². The van der Waals surface area contributed by atoms with E-state index in [1.165, 1.54) is 0 Å². The van der Waals surface area contributed by atoms with E-state index in [4.69, 9.17) is 5.11 Å². The lowest BCUT2D eigenvalue weighted by Crippen LogP contribution is -2.50. The van der Waals surface area contributed by atoms with E-state index in [-0.39, 0.29) is 18.0 Å². The van der Waals surface area contributed by atoms with Crippen LogP contribution in [0.4, 0.5) is 4.79 Å². The summed E-state index contributed by atoms with van der Waals surface area (Å²) in [6.07, 6.45) is 2.01. The monoisotopic (exact) mass is 286 g/mol. The average molecular weight is 286 g/mol. The molecule has 5 nitrogen and oxygen atoms in total. The normalized spacial score (nSPS) is 35.2. The van der Waals surface area contributed by atoms with Gasteiger partial charge in [-0.3, -0.25) is 4.79 Å². The minimum absolute atomic E-state index is 0.0220. The first-order valence-corrected chi connectivity index (χ1v) is 7.83. The standard InChI is InChI=1S/C13H22N2O3S/c1-8-6-15(7-9(2)19-8)13(18)14-11-4-3-10(5-11)12(16)17/h8-11H,3-7H2,1-2H3,(H,14,18)(H,16,17). The third-order valence-corrected chi connectivity index (χ3v) is 5.04. The highest BCUT2D eigenvalue weighted by atomic mass is 32.2. The maximum atomic E-state index is 12.2. The second-order valence-corrected chi connectivity index (χ2v) is 7.54. The van der Waals surface area contributed by atoms with Crippen molar-refractivity contribution in [1.29, 1.82) is 0 Å². The predicted molar refractivity (Wildman–Crippen MR) is 75.4 cm³/mol. The van der Waals surface area contributed by atoms with Gasteiger partial charge in [-0.15, -0.1) is 0 Å². The second kappa shape index (κ2) is 6.03. The predicted octanol–water partition coefficient (Wildman–Crippen LogP) is 1.78. The summed E-state index contributed by atoms with van der Waals surface area (Å²) >= 11 is 1.91. The van der Waals surface area contributed by atoms with E-state index in [2.05, 4.69) is 19.2 Å². The molecular formula is C13H22N2O3S. The molecule has 2 fully saturated rings. The van der Waals surface area contributed by atoms with Crippen LogP contribution < -0.4 is 5.32 Å². The third kappa shape index (κ3) is 3.78. The van der Waals surface area contributed by atoms with Crippen LogP contribution in [-0.2, 0) is 4.79 Å². The molecule has 2 amide bonds. The first-order valence-electron chi connectivity index (χ1n) is 6.89. The van der Waals surface area contributed by atoms with Crippen LogP contribution in [0.2, 0.25) is 0 Å². The van der Waals surface area contributed by atoms with Gasteiger partial charge >= 0.3 is 12.0 Å². The van der Waals surface area contributed by atoms with Crippen molar-refractivity contribution in [2.75, 3.05) is 13.1 Å². The highest BCUT2D eigenvalue weighted by molar-refractivity contribution is 8.00. The number of carboxylic acid groups (broad SMARTS) is 1. The summed E-state index contributed by atoms with van der Waals surface area (Å²) in [6.45, 7) is 5.82. The molecule has 1 aliphatic carbocycles.